The Hall–Kier alpha value is -1.09. The molecule has 0 aromatic heterocycles. The van der Waals surface area contributed by atoms with E-state index in [-0.39, 0.29) is 11.6 Å². The Labute approximate surface area is 86.7 Å². The van der Waals surface area contributed by atoms with Crippen molar-refractivity contribution >= 4 is 23.3 Å². The van der Waals surface area contributed by atoms with Crippen LogP contribution in [-0.2, 0) is 4.79 Å². The fraction of sp³-hybridized carbons (Fsp3) is 0.273. The Kier molecular flexibility index (Phi) is 2.00. The van der Waals surface area contributed by atoms with Crippen LogP contribution < -0.4 is 0 Å². The molecule has 1 aliphatic heterocycles. The highest BCUT2D eigenvalue weighted by atomic mass is 32.2. The van der Waals surface area contributed by atoms with Crippen LogP contribution in [0.5, 0.6) is 0 Å². The standard InChI is InChI=1S/C11H10O2S/c1-11(2)10(13)9(12)7-5-3-4-6-8(7)14-11/h3-6H,1-2H3. The zero-order valence-corrected chi connectivity index (χ0v) is 8.85. The minimum Gasteiger partial charge on any atom is -0.289 e. The molecule has 0 amide bonds. The molecule has 1 aliphatic rings. The molecule has 72 valence electrons. The lowest BCUT2D eigenvalue weighted by atomic mass is 9.98. The Balaban J connectivity index is 2.59. The van der Waals surface area contributed by atoms with Crippen molar-refractivity contribution in [3.63, 3.8) is 0 Å². The molecule has 1 heterocycles. The number of hydrogen-bond acceptors (Lipinski definition) is 3. The van der Waals surface area contributed by atoms with E-state index in [9.17, 15) is 9.59 Å². The fourth-order valence-electron chi connectivity index (χ4n) is 1.46. The predicted octanol–water partition coefficient (Wildman–Crippen LogP) is 2.32. The first kappa shape index (κ1) is 9.46. The molecule has 0 fully saturated rings. The van der Waals surface area contributed by atoms with E-state index in [0.29, 0.717) is 5.56 Å². The maximum atomic E-state index is 11.7. The fourth-order valence-corrected chi connectivity index (χ4v) is 2.61. The summed E-state index contributed by atoms with van der Waals surface area (Å²) in [5.74, 6) is -0.662. The van der Waals surface area contributed by atoms with E-state index in [2.05, 4.69) is 0 Å². The van der Waals surface area contributed by atoms with Gasteiger partial charge in [-0.3, -0.25) is 9.59 Å². The van der Waals surface area contributed by atoms with Gasteiger partial charge in [0.05, 0.1) is 4.75 Å². The number of Topliss-reactive ketones (excluding diaryl/α,β-unsaturated/α-hetero) is 2. The molecule has 2 rings (SSSR count). The second-order valence-electron chi connectivity index (χ2n) is 3.77. The van der Waals surface area contributed by atoms with Crippen molar-refractivity contribution in [2.75, 3.05) is 0 Å². The molecule has 14 heavy (non-hydrogen) atoms. The van der Waals surface area contributed by atoms with E-state index < -0.39 is 4.75 Å². The molecule has 0 saturated heterocycles. The molecule has 0 bridgehead atoms. The third kappa shape index (κ3) is 1.28. The number of thioether (sulfide) groups is 1. The van der Waals surface area contributed by atoms with Gasteiger partial charge in [-0.15, -0.1) is 11.8 Å². The summed E-state index contributed by atoms with van der Waals surface area (Å²) in [5.41, 5.74) is 0.543. The maximum Gasteiger partial charge on any atom is 0.231 e. The van der Waals surface area contributed by atoms with Gasteiger partial charge in [0.15, 0.2) is 0 Å². The van der Waals surface area contributed by atoms with Crippen LogP contribution in [0.2, 0.25) is 0 Å². The van der Waals surface area contributed by atoms with Crippen molar-refractivity contribution < 1.29 is 9.59 Å². The summed E-state index contributed by atoms with van der Waals surface area (Å²) in [6.45, 7) is 3.57. The molecule has 0 N–H and O–H groups in total. The molecule has 2 nitrogen and oxygen atoms in total. The third-order valence-corrected chi connectivity index (χ3v) is 3.52. The zero-order valence-electron chi connectivity index (χ0n) is 8.03. The van der Waals surface area contributed by atoms with Gasteiger partial charge in [-0.25, -0.2) is 0 Å². The van der Waals surface area contributed by atoms with Gasteiger partial charge in [-0.05, 0) is 26.0 Å². The molecule has 0 aliphatic carbocycles. The molecule has 0 atom stereocenters. The molecule has 3 heteroatoms. The van der Waals surface area contributed by atoms with Crippen molar-refractivity contribution in [1.82, 2.24) is 0 Å². The molecule has 1 aromatic rings. The Bertz CT molecular complexity index is 421. The number of ketones is 2. The van der Waals surface area contributed by atoms with Crippen LogP contribution in [-0.4, -0.2) is 16.3 Å². The van der Waals surface area contributed by atoms with Gasteiger partial charge in [0.25, 0.3) is 0 Å². The van der Waals surface area contributed by atoms with E-state index >= 15 is 0 Å². The van der Waals surface area contributed by atoms with Gasteiger partial charge >= 0.3 is 0 Å². The molecular formula is C11H10O2S. The van der Waals surface area contributed by atoms with Gasteiger partial charge in [0.2, 0.25) is 11.6 Å². The van der Waals surface area contributed by atoms with Gasteiger partial charge in [-0.1, -0.05) is 12.1 Å². The number of rotatable bonds is 0. The minimum absolute atomic E-state index is 0.304. The first-order valence-corrected chi connectivity index (χ1v) is 5.21. The molecule has 0 unspecified atom stereocenters. The SMILES string of the molecule is CC1(C)Sc2ccccc2C(=O)C1=O. The van der Waals surface area contributed by atoms with Crippen molar-refractivity contribution in [3.8, 4) is 0 Å². The summed E-state index contributed by atoms with van der Waals surface area (Å²) in [4.78, 5) is 24.2. The zero-order chi connectivity index (χ0) is 10.3. The maximum absolute atomic E-state index is 11.7. The number of hydrogen-bond donors (Lipinski definition) is 0. The third-order valence-electron chi connectivity index (χ3n) is 2.25. The largest absolute Gasteiger partial charge is 0.289 e. The van der Waals surface area contributed by atoms with E-state index in [1.165, 1.54) is 11.8 Å². The molecule has 1 aromatic carbocycles. The lowest BCUT2D eigenvalue weighted by Crippen LogP contribution is -2.38. The first-order valence-electron chi connectivity index (χ1n) is 4.39. The van der Waals surface area contributed by atoms with Crippen LogP contribution >= 0.6 is 11.8 Å². The molecular weight excluding hydrogens is 196 g/mol. The minimum atomic E-state index is -0.620. The van der Waals surface area contributed by atoms with E-state index in [4.69, 9.17) is 0 Å². The average molecular weight is 206 g/mol. The normalized spacial score (nSPS) is 19.3. The Morgan fingerprint density at radius 2 is 1.79 bits per heavy atom. The van der Waals surface area contributed by atoms with Crippen LogP contribution in [0.25, 0.3) is 0 Å². The highest BCUT2D eigenvalue weighted by Gasteiger charge is 2.40. The lowest BCUT2D eigenvalue weighted by molar-refractivity contribution is -0.116. The van der Waals surface area contributed by atoms with Crippen LogP contribution in [0, 0.1) is 0 Å². The van der Waals surface area contributed by atoms with Gasteiger partial charge in [-0.2, -0.15) is 0 Å². The summed E-state index contributed by atoms with van der Waals surface area (Å²) in [6.07, 6.45) is 0. The van der Waals surface area contributed by atoms with Gasteiger partial charge < -0.3 is 0 Å². The average Bonchev–Trinajstić information content (AvgIpc) is 2.14. The van der Waals surface area contributed by atoms with Crippen LogP contribution in [0.1, 0.15) is 24.2 Å². The van der Waals surface area contributed by atoms with Crippen LogP contribution in [0.15, 0.2) is 29.2 Å². The van der Waals surface area contributed by atoms with Crippen LogP contribution in [0.3, 0.4) is 0 Å². The molecule has 0 saturated carbocycles. The quantitative estimate of drug-likeness (QED) is 0.611. The summed E-state index contributed by atoms with van der Waals surface area (Å²) < 4.78 is -0.620. The van der Waals surface area contributed by atoms with Gasteiger partial charge in [0, 0.05) is 10.5 Å². The molecule has 0 radical (unpaired) electrons. The highest BCUT2D eigenvalue weighted by Crippen LogP contribution is 2.40. The van der Waals surface area contributed by atoms with E-state index in [0.717, 1.165) is 4.90 Å². The summed E-state index contributed by atoms with van der Waals surface area (Å²) in [6, 6.07) is 7.25. The number of benzene rings is 1. The van der Waals surface area contributed by atoms with Crippen molar-refractivity contribution in [2.24, 2.45) is 0 Å². The number of carbonyl (C=O) groups is 2. The highest BCUT2D eigenvalue weighted by molar-refractivity contribution is 8.01. The summed E-state index contributed by atoms with van der Waals surface area (Å²) in [7, 11) is 0. The predicted molar refractivity (Wildman–Crippen MR) is 55.7 cm³/mol. The Morgan fingerprint density at radius 1 is 1.14 bits per heavy atom. The van der Waals surface area contributed by atoms with Crippen LogP contribution in [0.4, 0.5) is 0 Å². The topological polar surface area (TPSA) is 34.1 Å². The van der Waals surface area contributed by atoms with E-state index in [1.54, 1.807) is 26.0 Å². The Morgan fingerprint density at radius 3 is 2.50 bits per heavy atom. The number of carbonyl (C=O) groups excluding carboxylic acids is 2. The lowest BCUT2D eigenvalue weighted by Gasteiger charge is -2.27. The monoisotopic (exact) mass is 206 g/mol. The first-order chi connectivity index (χ1) is 6.52. The van der Waals surface area contributed by atoms with Gasteiger partial charge in [0.1, 0.15) is 0 Å². The second-order valence-corrected chi connectivity index (χ2v) is 5.43. The van der Waals surface area contributed by atoms with E-state index in [1.807, 2.05) is 12.1 Å². The van der Waals surface area contributed by atoms with Crippen molar-refractivity contribution in [2.45, 2.75) is 23.5 Å². The van der Waals surface area contributed by atoms with Crippen molar-refractivity contribution in [3.05, 3.63) is 29.8 Å². The summed E-state index contributed by atoms with van der Waals surface area (Å²) >= 11 is 1.46. The summed E-state index contributed by atoms with van der Waals surface area (Å²) in [5, 5.41) is 0. The van der Waals surface area contributed by atoms with Crippen molar-refractivity contribution in [1.29, 1.82) is 0 Å². The smallest absolute Gasteiger partial charge is 0.231 e. The second kappa shape index (κ2) is 2.95. The molecule has 0 spiro atoms. The number of fused-ring (bicyclic) bond motifs is 1.